The summed E-state index contributed by atoms with van der Waals surface area (Å²) < 4.78 is 23.5. The van der Waals surface area contributed by atoms with E-state index in [4.69, 9.17) is 9.72 Å². The van der Waals surface area contributed by atoms with Gasteiger partial charge in [-0.05, 0) is 68.2 Å². The first-order valence-electron chi connectivity index (χ1n) is 11.0. The number of benzene rings is 1. The number of fused-ring (bicyclic) bond motifs is 1. The molecule has 0 saturated heterocycles. The van der Waals surface area contributed by atoms with E-state index in [9.17, 15) is 4.39 Å². The number of hydrogen-bond donors (Lipinski definition) is 0. The van der Waals surface area contributed by atoms with Gasteiger partial charge in [0.05, 0.1) is 24.8 Å². The molecule has 0 amide bonds. The number of rotatable bonds is 5. The van der Waals surface area contributed by atoms with Crippen LogP contribution in [0.25, 0.3) is 17.8 Å². The Bertz CT molecular complexity index is 1340. The van der Waals surface area contributed by atoms with E-state index in [0.29, 0.717) is 17.3 Å². The zero-order valence-corrected chi connectivity index (χ0v) is 18.9. The molecule has 5 rings (SSSR count). The summed E-state index contributed by atoms with van der Waals surface area (Å²) in [6.45, 7) is 4.58. The lowest BCUT2D eigenvalue weighted by Gasteiger charge is -2.23. The first kappa shape index (κ1) is 21.1. The largest absolute Gasteiger partial charge is 0.479 e. The maximum Gasteiger partial charge on any atom is 0.238 e. The molecule has 0 N–H and O–H groups in total. The van der Waals surface area contributed by atoms with Crippen molar-refractivity contribution in [2.75, 3.05) is 7.11 Å². The standard InChI is InChI=1S/C25H25FN6O/c1-16-14-31(15-27-16)22-11-9-18(28-25(22)33-3)10-12-23-29-24-20(7-5-13-32(24)30-23)19-6-4-8-21(26)17(19)2/h4,6,8-12,14-15,20H,5,7,13H2,1-3H3/b12-10+. The van der Waals surface area contributed by atoms with E-state index < -0.39 is 0 Å². The fraction of sp³-hybridized carbons (Fsp3) is 0.280. The average Bonchev–Trinajstić information content (AvgIpc) is 3.45. The molecule has 4 aromatic rings. The van der Waals surface area contributed by atoms with Crippen LogP contribution < -0.4 is 4.74 Å². The van der Waals surface area contributed by atoms with Gasteiger partial charge in [-0.15, -0.1) is 0 Å². The van der Waals surface area contributed by atoms with Crippen LogP contribution >= 0.6 is 0 Å². The van der Waals surface area contributed by atoms with E-state index in [1.807, 2.05) is 59.6 Å². The summed E-state index contributed by atoms with van der Waals surface area (Å²) in [6, 6.07) is 9.12. The summed E-state index contributed by atoms with van der Waals surface area (Å²) in [5.41, 5.74) is 4.13. The molecule has 1 aromatic carbocycles. The number of aryl methyl sites for hydroxylation is 2. The van der Waals surface area contributed by atoms with Gasteiger partial charge < -0.3 is 9.30 Å². The molecule has 0 fully saturated rings. The summed E-state index contributed by atoms with van der Waals surface area (Å²) in [5.74, 6) is 1.86. The SMILES string of the molecule is COc1nc(/C=C/c2nc3n(n2)CCCC3c2cccc(F)c2C)ccc1-n1cnc(C)c1. The van der Waals surface area contributed by atoms with Crippen molar-refractivity contribution < 1.29 is 9.13 Å². The molecule has 8 heteroatoms. The second kappa shape index (κ2) is 8.61. The quantitative estimate of drug-likeness (QED) is 0.446. The normalized spacial score (nSPS) is 15.7. The van der Waals surface area contributed by atoms with Gasteiger partial charge in [0, 0.05) is 18.7 Å². The Morgan fingerprint density at radius 1 is 1.12 bits per heavy atom. The molecule has 0 bridgehead atoms. The number of hydrogen-bond acceptors (Lipinski definition) is 5. The molecule has 0 saturated carbocycles. The van der Waals surface area contributed by atoms with Crippen LogP contribution in [0.3, 0.4) is 0 Å². The molecule has 1 unspecified atom stereocenters. The molecule has 0 aliphatic carbocycles. The van der Waals surface area contributed by atoms with Gasteiger partial charge in [-0.3, -0.25) is 0 Å². The molecule has 1 aliphatic rings. The maximum atomic E-state index is 14.1. The Kier molecular flexibility index (Phi) is 5.50. The smallest absolute Gasteiger partial charge is 0.238 e. The number of halogens is 1. The van der Waals surface area contributed by atoms with Crippen LogP contribution in [0.4, 0.5) is 4.39 Å². The third kappa shape index (κ3) is 4.04. The monoisotopic (exact) mass is 444 g/mol. The molecule has 7 nitrogen and oxygen atoms in total. The average molecular weight is 445 g/mol. The summed E-state index contributed by atoms with van der Waals surface area (Å²) in [4.78, 5) is 13.6. The second-order valence-corrected chi connectivity index (χ2v) is 8.22. The van der Waals surface area contributed by atoms with Crippen molar-refractivity contribution in [1.82, 2.24) is 29.3 Å². The summed E-state index contributed by atoms with van der Waals surface area (Å²) in [6.07, 6.45) is 9.29. The number of pyridine rings is 1. The van der Waals surface area contributed by atoms with Gasteiger partial charge in [-0.25, -0.2) is 24.0 Å². The van der Waals surface area contributed by atoms with Crippen LogP contribution in [0.1, 0.15) is 52.9 Å². The van der Waals surface area contributed by atoms with Crippen LogP contribution in [0.2, 0.25) is 0 Å². The summed E-state index contributed by atoms with van der Waals surface area (Å²) in [5, 5.41) is 4.66. The van der Waals surface area contributed by atoms with E-state index in [0.717, 1.165) is 47.8 Å². The molecule has 1 atom stereocenters. The third-order valence-electron chi connectivity index (χ3n) is 6.02. The van der Waals surface area contributed by atoms with Gasteiger partial charge in [0.2, 0.25) is 5.88 Å². The highest BCUT2D eigenvalue weighted by Crippen LogP contribution is 2.34. The lowest BCUT2D eigenvalue weighted by atomic mass is 9.88. The van der Waals surface area contributed by atoms with Gasteiger partial charge in [-0.2, -0.15) is 5.10 Å². The van der Waals surface area contributed by atoms with Crippen molar-refractivity contribution in [1.29, 1.82) is 0 Å². The minimum absolute atomic E-state index is 0.0419. The Morgan fingerprint density at radius 2 is 2.00 bits per heavy atom. The number of imidazole rings is 1. The first-order valence-corrected chi connectivity index (χ1v) is 11.0. The highest BCUT2D eigenvalue weighted by Gasteiger charge is 2.27. The number of ether oxygens (including phenoxy) is 1. The zero-order chi connectivity index (χ0) is 22.9. The number of aromatic nitrogens is 6. The Balaban J connectivity index is 1.42. The molecule has 0 spiro atoms. The second-order valence-electron chi connectivity index (χ2n) is 8.22. The van der Waals surface area contributed by atoms with E-state index in [1.165, 1.54) is 6.07 Å². The molecule has 3 aromatic heterocycles. The maximum absolute atomic E-state index is 14.1. The first-order chi connectivity index (χ1) is 16.0. The van der Waals surface area contributed by atoms with E-state index >= 15 is 0 Å². The van der Waals surface area contributed by atoms with Gasteiger partial charge in [-0.1, -0.05) is 12.1 Å². The van der Waals surface area contributed by atoms with Crippen molar-refractivity contribution in [2.24, 2.45) is 0 Å². The summed E-state index contributed by atoms with van der Waals surface area (Å²) in [7, 11) is 1.60. The topological polar surface area (TPSA) is 70.7 Å². The van der Waals surface area contributed by atoms with Gasteiger partial charge in [0.15, 0.2) is 5.82 Å². The van der Waals surface area contributed by atoms with Crippen LogP contribution in [-0.2, 0) is 6.54 Å². The van der Waals surface area contributed by atoms with Crippen molar-refractivity contribution in [3.05, 3.63) is 82.8 Å². The Morgan fingerprint density at radius 3 is 2.79 bits per heavy atom. The molecular formula is C25H25FN6O. The van der Waals surface area contributed by atoms with E-state index in [-0.39, 0.29) is 11.7 Å². The summed E-state index contributed by atoms with van der Waals surface area (Å²) >= 11 is 0. The van der Waals surface area contributed by atoms with Crippen LogP contribution in [0.5, 0.6) is 5.88 Å². The van der Waals surface area contributed by atoms with Crippen molar-refractivity contribution >= 4 is 12.2 Å². The highest BCUT2D eigenvalue weighted by atomic mass is 19.1. The molecule has 4 heterocycles. The molecule has 33 heavy (non-hydrogen) atoms. The molecule has 1 aliphatic heterocycles. The lowest BCUT2D eigenvalue weighted by Crippen LogP contribution is -2.18. The third-order valence-corrected chi connectivity index (χ3v) is 6.02. The Hall–Kier alpha value is -3.81. The molecule has 168 valence electrons. The van der Waals surface area contributed by atoms with Crippen LogP contribution in [-0.4, -0.2) is 36.4 Å². The number of nitrogens with zero attached hydrogens (tertiary/aromatic N) is 6. The number of methoxy groups -OCH3 is 1. The van der Waals surface area contributed by atoms with Crippen molar-refractivity contribution in [3.8, 4) is 11.6 Å². The van der Waals surface area contributed by atoms with Crippen molar-refractivity contribution in [3.63, 3.8) is 0 Å². The molecular weight excluding hydrogens is 419 g/mol. The fourth-order valence-electron chi connectivity index (χ4n) is 4.34. The van der Waals surface area contributed by atoms with Gasteiger partial charge >= 0.3 is 0 Å². The zero-order valence-electron chi connectivity index (χ0n) is 18.9. The molecule has 0 radical (unpaired) electrons. The van der Waals surface area contributed by atoms with Gasteiger partial charge in [0.1, 0.15) is 17.3 Å². The Labute approximate surface area is 191 Å². The van der Waals surface area contributed by atoms with Crippen LogP contribution in [0.15, 0.2) is 42.9 Å². The minimum Gasteiger partial charge on any atom is -0.479 e. The lowest BCUT2D eigenvalue weighted by molar-refractivity contribution is 0.395. The van der Waals surface area contributed by atoms with Crippen molar-refractivity contribution in [2.45, 2.75) is 39.2 Å². The predicted octanol–water partition coefficient (Wildman–Crippen LogP) is 4.72. The van der Waals surface area contributed by atoms with E-state index in [1.54, 1.807) is 19.5 Å². The predicted molar refractivity (Wildman–Crippen MR) is 124 cm³/mol. The minimum atomic E-state index is -0.182. The fourth-order valence-corrected chi connectivity index (χ4v) is 4.34. The van der Waals surface area contributed by atoms with Gasteiger partial charge in [0.25, 0.3) is 0 Å². The highest BCUT2D eigenvalue weighted by molar-refractivity contribution is 5.65. The van der Waals surface area contributed by atoms with Crippen LogP contribution in [0, 0.1) is 19.7 Å². The van der Waals surface area contributed by atoms with E-state index in [2.05, 4.69) is 15.1 Å².